The van der Waals surface area contributed by atoms with Crippen LogP contribution in [0.25, 0.3) is 0 Å². The third kappa shape index (κ3) is 2.02. The minimum absolute atomic E-state index is 0.456. The van der Waals surface area contributed by atoms with Crippen molar-refractivity contribution in [1.29, 1.82) is 0 Å². The van der Waals surface area contributed by atoms with Crippen molar-refractivity contribution in [3.05, 3.63) is 26.7 Å². The Morgan fingerprint density at radius 2 is 1.57 bits per heavy atom. The van der Waals surface area contributed by atoms with Crippen LogP contribution in [0.4, 0.5) is 13.2 Å². The number of hydrogen-bond acceptors (Lipinski definition) is 0. The number of halogens is 6. The molecule has 0 fully saturated rings. The van der Waals surface area contributed by atoms with Crippen molar-refractivity contribution in [3.8, 4) is 5.75 Å². The topological polar surface area (TPSA) is 19.9 Å². The molecule has 1 aromatic rings. The Hall–Kier alpha value is -0.320. The fraction of sp³-hybridized carbons (Fsp3) is 0.143. The van der Waals surface area contributed by atoms with Gasteiger partial charge in [0, 0.05) is 0 Å². The Bertz CT molecular complexity index is 375. The van der Waals surface area contributed by atoms with E-state index in [1.165, 1.54) is 0 Å². The molecule has 0 aliphatic heterocycles. The van der Waals surface area contributed by atoms with Crippen LogP contribution in [0.15, 0.2) is 6.07 Å². The van der Waals surface area contributed by atoms with Crippen molar-refractivity contribution in [3.63, 3.8) is 0 Å². The average molecular weight is 264 g/mol. The van der Waals surface area contributed by atoms with Crippen LogP contribution in [0.1, 0.15) is 5.56 Å². The van der Waals surface area contributed by atoms with Gasteiger partial charge in [-0.1, -0.05) is 34.8 Å². The van der Waals surface area contributed by atoms with Gasteiger partial charge in [-0.3, -0.25) is 5.11 Å². The summed E-state index contributed by atoms with van der Waals surface area (Å²) in [5.41, 5.74) is -1.21. The van der Waals surface area contributed by atoms with Crippen LogP contribution in [0.5, 0.6) is 5.75 Å². The molecule has 0 bridgehead atoms. The van der Waals surface area contributed by atoms with E-state index in [9.17, 15) is 18.3 Å². The van der Waals surface area contributed by atoms with Gasteiger partial charge >= 0.3 is 6.18 Å². The summed E-state index contributed by atoms with van der Waals surface area (Å²) in [5, 5.41) is 8.81. The van der Waals surface area contributed by atoms with Crippen LogP contribution >= 0.6 is 34.8 Å². The van der Waals surface area contributed by atoms with Crippen LogP contribution in [-0.4, -0.2) is 0 Å². The summed E-state index contributed by atoms with van der Waals surface area (Å²) in [4.78, 5) is 0. The van der Waals surface area contributed by atoms with Gasteiger partial charge in [-0.15, -0.1) is 0 Å². The maximum Gasteiger partial charge on any atom is 0.417 e. The van der Waals surface area contributed by atoms with E-state index in [2.05, 4.69) is 0 Å². The standard InChI is InChI=1S/C7HCl3F3O/c8-3-1-2(7(11,12)13)4(9)5(10)6(3)14/h1H. The third-order valence-corrected chi connectivity index (χ3v) is 2.55. The monoisotopic (exact) mass is 263 g/mol. The minimum Gasteiger partial charge on any atom is -0.287 e. The average Bonchev–Trinajstić information content (AvgIpc) is 2.06. The number of hydrogen-bond donors (Lipinski definition) is 0. The fourth-order valence-electron chi connectivity index (χ4n) is 0.785. The summed E-state index contributed by atoms with van der Waals surface area (Å²) >= 11 is 15.8. The molecule has 0 spiro atoms. The molecule has 0 aromatic heterocycles. The molecule has 0 heterocycles. The van der Waals surface area contributed by atoms with Gasteiger partial charge in [-0.2, -0.15) is 13.2 Å². The van der Waals surface area contributed by atoms with Gasteiger partial charge in [0.05, 0.1) is 15.6 Å². The molecule has 0 atom stereocenters. The van der Waals surface area contributed by atoms with Crippen molar-refractivity contribution in [2.45, 2.75) is 6.18 Å². The lowest BCUT2D eigenvalue weighted by atomic mass is 10.2. The summed E-state index contributed by atoms with van der Waals surface area (Å²) in [5.74, 6) is -0.911. The van der Waals surface area contributed by atoms with Crippen LogP contribution in [0, 0.1) is 0 Å². The number of benzene rings is 1. The van der Waals surface area contributed by atoms with Gasteiger partial charge in [-0.05, 0) is 6.07 Å². The summed E-state index contributed by atoms with van der Waals surface area (Å²) in [6.45, 7) is 0. The molecule has 0 aliphatic carbocycles. The Morgan fingerprint density at radius 1 is 1.07 bits per heavy atom. The van der Waals surface area contributed by atoms with Gasteiger partial charge in [0.1, 0.15) is 5.02 Å². The van der Waals surface area contributed by atoms with Crippen molar-refractivity contribution in [2.75, 3.05) is 0 Å². The van der Waals surface area contributed by atoms with E-state index in [0.717, 1.165) is 0 Å². The first-order valence-corrected chi connectivity index (χ1v) is 4.30. The lowest BCUT2D eigenvalue weighted by Gasteiger charge is -2.10. The molecule has 0 unspecified atom stereocenters. The van der Waals surface area contributed by atoms with Crippen LogP contribution in [0.2, 0.25) is 15.1 Å². The highest BCUT2D eigenvalue weighted by molar-refractivity contribution is 6.45. The van der Waals surface area contributed by atoms with E-state index in [0.29, 0.717) is 6.07 Å². The SMILES string of the molecule is [O]c1c(Cl)cc(C(F)(F)F)c(Cl)c1Cl. The molecule has 0 saturated heterocycles. The largest absolute Gasteiger partial charge is 0.417 e. The molecule has 77 valence electrons. The molecule has 0 saturated carbocycles. The predicted molar refractivity (Wildman–Crippen MR) is 46.6 cm³/mol. The van der Waals surface area contributed by atoms with E-state index in [1.54, 1.807) is 0 Å². The van der Waals surface area contributed by atoms with Crippen LogP contribution < -0.4 is 0 Å². The fourth-order valence-corrected chi connectivity index (χ4v) is 1.49. The predicted octanol–water partition coefficient (Wildman–Crippen LogP) is 4.81. The summed E-state index contributed by atoms with van der Waals surface area (Å²) in [6.07, 6.45) is -4.68. The third-order valence-electron chi connectivity index (χ3n) is 1.42. The van der Waals surface area contributed by atoms with E-state index in [1.807, 2.05) is 0 Å². The van der Waals surface area contributed by atoms with E-state index in [-0.39, 0.29) is 0 Å². The molecule has 1 rings (SSSR count). The molecule has 1 nitrogen and oxygen atoms in total. The van der Waals surface area contributed by atoms with Gasteiger partial charge in [0.2, 0.25) is 5.75 Å². The molecule has 7 heteroatoms. The van der Waals surface area contributed by atoms with Gasteiger partial charge < -0.3 is 0 Å². The zero-order chi connectivity index (χ0) is 11.1. The lowest BCUT2D eigenvalue weighted by molar-refractivity contribution is -0.137. The minimum atomic E-state index is -4.68. The first-order chi connectivity index (χ1) is 6.25. The molecule has 1 radical (unpaired) electrons. The first-order valence-electron chi connectivity index (χ1n) is 3.17. The summed E-state index contributed by atoms with van der Waals surface area (Å²) in [6, 6.07) is 0.456. The Morgan fingerprint density at radius 3 is 2.00 bits per heavy atom. The van der Waals surface area contributed by atoms with Crippen molar-refractivity contribution in [1.82, 2.24) is 0 Å². The maximum atomic E-state index is 12.2. The second-order valence-electron chi connectivity index (χ2n) is 2.36. The van der Waals surface area contributed by atoms with Gasteiger partial charge in [-0.25, -0.2) is 0 Å². The van der Waals surface area contributed by atoms with Crippen LogP contribution in [0.3, 0.4) is 0 Å². The number of rotatable bonds is 0. The van der Waals surface area contributed by atoms with Crippen molar-refractivity contribution >= 4 is 34.8 Å². The number of alkyl halides is 3. The molecule has 0 aliphatic rings. The highest BCUT2D eigenvalue weighted by Gasteiger charge is 2.35. The Labute approximate surface area is 92.0 Å². The van der Waals surface area contributed by atoms with Crippen LogP contribution in [-0.2, 0) is 11.3 Å². The smallest absolute Gasteiger partial charge is 0.287 e. The second kappa shape index (κ2) is 3.68. The summed E-state index contributed by atoms with van der Waals surface area (Å²) in [7, 11) is 0. The van der Waals surface area contributed by atoms with Gasteiger partial charge in [0.15, 0.2) is 0 Å². The molecular weight excluding hydrogens is 263 g/mol. The Balaban J connectivity index is 3.49. The highest BCUT2D eigenvalue weighted by Crippen LogP contribution is 2.45. The van der Waals surface area contributed by atoms with Crippen molar-refractivity contribution in [2.24, 2.45) is 0 Å². The normalized spacial score (nSPS) is 11.9. The molecular formula is C7HCl3F3O. The van der Waals surface area contributed by atoms with E-state index >= 15 is 0 Å². The van der Waals surface area contributed by atoms with E-state index in [4.69, 9.17) is 34.8 Å². The quantitative estimate of drug-likeness (QED) is 0.599. The first kappa shape index (κ1) is 11.8. The Kier molecular flexibility index (Phi) is 3.09. The molecule has 0 N–H and O–H groups in total. The molecule has 0 amide bonds. The second-order valence-corrected chi connectivity index (χ2v) is 3.52. The van der Waals surface area contributed by atoms with Gasteiger partial charge in [0.25, 0.3) is 0 Å². The summed E-state index contributed by atoms with van der Waals surface area (Å²) < 4.78 is 36.7. The maximum absolute atomic E-state index is 12.2. The zero-order valence-corrected chi connectivity index (χ0v) is 8.52. The zero-order valence-electron chi connectivity index (χ0n) is 6.25. The lowest BCUT2D eigenvalue weighted by Crippen LogP contribution is -2.06. The molecule has 14 heavy (non-hydrogen) atoms. The van der Waals surface area contributed by atoms with E-state index < -0.39 is 32.6 Å². The highest BCUT2D eigenvalue weighted by atomic mass is 35.5. The molecule has 1 aromatic carbocycles. The van der Waals surface area contributed by atoms with Crippen molar-refractivity contribution < 1.29 is 18.3 Å².